The Bertz CT molecular complexity index is 480. The topological polar surface area (TPSA) is 0 Å². The van der Waals surface area contributed by atoms with Gasteiger partial charge < -0.3 is 0 Å². The third-order valence-corrected chi connectivity index (χ3v) is 10.7. The maximum absolute atomic E-state index is 2.52. The number of rotatable bonds is 39. The van der Waals surface area contributed by atoms with Gasteiger partial charge in [-0.2, -0.15) is 0 Å². The third-order valence-electron chi connectivity index (χ3n) is 10.7. The second-order valence-electron chi connectivity index (χ2n) is 15.7. The zero-order valence-corrected chi connectivity index (χ0v) is 32.0. The summed E-state index contributed by atoms with van der Waals surface area (Å²) in [6, 6.07) is 0. The van der Waals surface area contributed by atoms with Crippen LogP contribution in [0.15, 0.2) is 0 Å². The lowest BCUT2D eigenvalue weighted by molar-refractivity contribution is 0.390. The number of unbranched alkanes of at least 4 members (excludes halogenated alkanes) is 31. The molecule has 0 bridgehead atoms. The summed E-state index contributed by atoms with van der Waals surface area (Å²) in [5.74, 6) is 1.91. The molecule has 0 saturated heterocycles. The molecule has 0 heteroatoms. The van der Waals surface area contributed by atoms with Crippen molar-refractivity contribution in [3.63, 3.8) is 0 Å². The lowest BCUT2D eigenvalue weighted by Gasteiger charge is -2.14. The summed E-state index contributed by atoms with van der Waals surface area (Å²) in [6.07, 6.45) is 56.1. The first-order chi connectivity index (χ1) is 21.7. The molecule has 0 spiro atoms. The average Bonchev–Trinajstić information content (AvgIpc) is 3.02. The summed E-state index contributed by atoms with van der Waals surface area (Å²) < 4.78 is 0. The molecular formula is C44H90. The minimum absolute atomic E-state index is 0.953. The highest BCUT2D eigenvalue weighted by molar-refractivity contribution is 4.60. The van der Waals surface area contributed by atoms with Gasteiger partial charge in [-0.05, 0) is 11.8 Å². The fourth-order valence-corrected chi connectivity index (χ4v) is 7.36. The van der Waals surface area contributed by atoms with E-state index in [0.29, 0.717) is 0 Å². The predicted molar refractivity (Wildman–Crippen MR) is 205 cm³/mol. The Balaban J connectivity index is 3.22. The molecule has 0 nitrogen and oxygen atoms in total. The summed E-state index contributed by atoms with van der Waals surface area (Å²) >= 11 is 0. The Hall–Kier alpha value is 0. The van der Waals surface area contributed by atoms with E-state index in [4.69, 9.17) is 0 Å². The van der Waals surface area contributed by atoms with Crippen molar-refractivity contribution in [1.29, 1.82) is 0 Å². The van der Waals surface area contributed by atoms with E-state index in [1.807, 2.05) is 0 Å². The van der Waals surface area contributed by atoms with Crippen LogP contribution >= 0.6 is 0 Å². The second-order valence-corrected chi connectivity index (χ2v) is 15.7. The predicted octanol–water partition coefficient (Wildman–Crippen LogP) is 17.1. The first-order valence-electron chi connectivity index (χ1n) is 21.7. The van der Waals surface area contributed by atoms with Crippen LogP contribution in [0.2, 0.25) is 0 Å². The fraction of sp³-hybridized carbons (Fsp3) is 1.00. The molecule has 0 heterocycles. The minimum Gasteiger partial charge on any atom is -0.0654 e. The monoisotopic (exact) mass is 619 g/mol. The van der Waals surface area contributed by atoms with Crippen LogP contribution in [0.4, 0.5) is 0 Å². The molecule has 2 unspecified atom stereocenters. The van der Waals surface area contributed by atoms with Gasteiger partial charge in [-0.1, -0.05) is 272 Å². The summed E-state index contributed by atoms with van der Waals surface area (Å²) in [6.45, 7) is 9.66. The second kappa shape index (κ2) is 39.2. The van der Waals surface area contributed by atoms with E-state index in [9.17, 15) is 0 Å². The summed E-state index contributed by atoms with van der Waals surface area (Å²) in [5, 5.41) is 0. The Labute approximate surface area is 282 Å². The van der Waals surface area contributed by atoms with Crippen molar-refractivity contribution in [3.8, 4) is 0 Å². The van der Waals surface area contributed by atoms with Crippen LogP contribution in [0.3, 0.4) is 0 Å². The lowest BCUT2D eigenvalue weighted by atomic mass is 9.92. The van der Waals surface area contributed by atoms with Gasteiger partial charge in [0.25, 0.3) is 0 Å². The third kappa shape index (κ3) is 38.2. The van der Waals surface area contributed by atoms with Gasteiger partial charge in [0.2, 0.25) is 0 Å². The number of hydrogen-bond donors (Lipinski definition) is 0. The Morgan fingerprint density at radius 2 is 0.364 bits per heavy atom. The molecule has 0 aromatic heterocycles. The van der Waals surface area contributed by atoms with Gasteiger partial charge in [0.1, 0.15) is 0 Å². The SMILES string of the molecule is CCCCCCCCCCCCCCCCCCCCCCCCC(C)CCCC(C)CCCCCCCCCCCCC. The van der Waals surface area contributed by atoms with E-state index in [1.54, 1.807) is 0 Å². The molecule has 0 rings (SSSR count). The van der Waals surface area contributed by atoms with E-state index in [-0.39, 0.29) is 0 Å². The molecule has 44 heavy (non-hydrogen) atoms. The molecule has 0 saturated carbocycles. The van der Waals surface area contributed by atoms with Crippen LogP contribution in [0, 0.1) is 11.8 Å². The highest BCUT2D eigenvalue weighted by atomic mass is 14.1. The quantitative estimate of drug-likeness (QED) is 0.0601. The zero-order chi connectivity index (χ0) is 32.0. The molecule has 0 aliphatic carbocycles. The van der Waals surface area contributed by atoms with E-state index < -0.39 is 0 Å². The molecule has 0 fully saturated rings. The van der Waals surface area contributed by atoms with Gasteiger partial charge in [-0.3, -0.25) is 0 Å². The lowest BCUT2D eigenvalue weighted by Crippen LogP contribution is -1.99. The van der Waals surface area contributed by atoms with Crippen LogP contribution < -0.4 is 0 Å². The summed E-state index contributed by atoms with van der Waals surface area (Å²) in [4.78, 5) is 0. The van der Waals surface area contributed by atoms with Gasteiger partial charge in [0.15, 0.2) is 0 Å². The fourth-order valence-electron chi connectivity index (χ4n) is 7.36. The van der Waals surface area contributed by atoms with Gasteiger partial charge in [-0.25, -0.2) is 0 Å². The minimum atomic E-state index is 0.953. The van der Waals surface area contributed by atoms with Crippen molar-refractivity contribution >= 4 is 0 Å². The molecule has 0 N–H and O–H groups in total. The first kappa shape index (κ1) is 44.0. The van der Waals surface area contributed by atoms with E-state index in [2.05, 4.69) is 27.7 Å². The summed E-state index contributed by atoms with van der Waals surface area (Å²) in [7, 11) is 0. The van der Waals surface area contributed by atoms with Crippen LogP contribution in [0.25, 0.3) is 0 Å². The molecule has 0 radical (unpaired) electrons. The highest BCUT2D eigenvalue weighted by Crippen LogP contribution is 2.22. The van der Waals surface area contributed by atoms with Crippen molar-refractivity contribution < 1.29 is 0 Å². The highest BCUT2D eigenvalue weighted by Gasteiger charge is 2.06. The van der Waals surface area contributed by atoms with Gasteiger partial charge in [0.05, 0.1) is 0 Å². The van der Waals surface area contributed by atoms with Crippen LogP contribution in [0.5, 0.6) is 0 Å². The van der Waals surface area contributed by atoms with Gasteiger partial charge in [0, 0.05) is 0 Å². The van der Waals surface area contributed by atoms with E-state index in [0.717, 1.165) is 11.8 Å². The zero-order valence-electron chi connectivity index (χ0n) is 32.0. The molecule has 0 aromatic carbocycles. The van der Waals surface area contributed by atoms with Crippen LogP contribution in [-0.2, 0) is 0 Å². The van der Waals surface area contributed by atoms with Gasteiger partial charge in [-0.15, -0.1) is 0 Å². The van der Waals surface area contributed by atoms with E-state index in [1.165, 1.54) is 244 Å². The molecular weight excluding hydrogens is 528 g/mol. The van der Waals surface area contributed by atoms with Crippen LogP contribution in [-0.4, -0.2) is 0 Å². The molecule has 0 amide bonds. The van der Waals surface area contributed by atoms with Crippen molar-refractivity contribution in [2.45, 2.75) is 272 Å². The Morgan fingerprint density at radius 3 is 0.568 bits per heavy atom. The molecule has 0 aliphatic heterocycles. The van der Waals surface area contributed by atoms with E-state index >= 15 is 0 Å². The largest absolute Gasteiger partial charge is 0.0654 e. The molecule has 2 atom stereocenters. The van der Waals surface area contributed by atoms with Gasteiger partial charge >= 0.3 is 0 Å². The first-order valence-corrected chi connectivity index (χ1v) is 21.7. The number of hydrogen-bond acceptors (Lipinski definition) is 0. The van der Waals surface area contributed by atoms with Crippen molar-refractivity contribution in [3.05, 3.63) is 0 Å². The maximum Gasteiger partial charge on any atom is -0.0443 e. The van der Waals surface area contributed by atoms with Crippen molar-refractivity contribution in [2.75, 3.05) is 0 Å². The van der Waals surface area contributed by atoms with Crippen molar-refractivity contribution in [1.82, 2.24) is 0 Å². The average molecular weight is 619 g/mol. The maximum atomic E-state index is 2.52. The molecule has 0 aromatic rings. The molecule has 0 aliphatic rings. The molecule has 266 valence electrons. The smallest absolute Gasteiger partial charge is 0.0443 e. The summed E-state index contributed by atoms with van der Waals surface area (Å²) in [5.41, 5.74) is 0. The van der Waals surface area contributed by atoms with Crippen molar-refractivity contribution in [2.24, 2.45) is 11.8 Å². The van der Waals surface area contributed by atoms with Crippen LogP contribution in [0.1, 0.15) is 272 Å². The Morgan fingerprint density at radius 1 is 0.205 bits per heavy atom. The normalized spacial score (nSPS) is 13.1. The Kier molecular flexibility index (Phi) is 39.2. The standard InChI is InChI=1S/C44H90/c1-5-7-9-11-13-15-17-18-19-20-21-22-23-24-25-26-27-29-31-33-35-37-40-44(4)42-38-41-43(3)39-36-34-32-30-28-16-14-12-10-8-6-2/h43-44H,5-42H2,1-4H3.